The van der Waals surface area contributed by atoms with E-state index in [0.717, 1.165) is 25.7 Å². The molecule has 0 aromatic carbocycles. The van der Waals surface area contributed by atoms with Gasteiger partial charge in [-0.3, -0.25) is 0 Å². The van der Waals surface area contributed by atoms with E-state index in [1.807, 2.05) is 6.92 Å². The van der Waals surface area contributed by atoms with E-state index in [9.17, 15) is 5.11 Å². The van der Waals surface area contributed by atoms with E-state index < -0.39 is 0 Å². The fourth-order valence-corrected chi connectivity index (χ4v) is 2.16. The summed E-state index contributed by atoms with van der Waals surface area (Å²) in [5, 5.41) is 10.2. The number of aliphatic hydroxyl groups is 1. The average Bonchev–Trinajstić information content (AvgIpc) is 2.26. The maximum atomic E-state index is 10.2. The van der Waals surface area contributed by atoms with Gasteiger partial charge in [-0.05, 0) is 26.2 Å². The first-order valence-corrected chi connectivity index (χ1v) is 6.48. The normalized spacial score (nSPS) is 14.2. The Morgan fingerprint density at radius 2 is 1.67 bits per heavy atom. The molecule has 1 unspecified atom stereocenters. The van der Waals surface area contributed by atoms with Crippen molar-refractivity contribution in [3.05, 3.63) is 0 Å². The SMILES string of the molecule is CCCCCC(O)C(CC)(CC)OCC. The quantitative estimate of drug-likeness (QED) is 0.597. The van der Waals surface area contributed by atoms with E-state index in [4.69, 9.17) is 4.74 Å². The van der Waals surface area contributed by atoms with Crippen LogP contribution in [-0.4, -0.2) is 23.4 Å². The molecule has 2 heteroatoms. The summed E-state index contributed by atoms with van der Waals surface area (Å²) in [6.07, 6.45) is 5.86. The van der Waals surface area contributed by atoms with Gasteiger partial charge in [0.05, 0.1) is 11.7 Å². The van der Waals surface area contributed by atoms with Crippen LogP contribution in [-0.2, 0) is 4.74 Å². The molecule has 0 bridgehead atoms. The third kappa shape index (κ3) is 4.52. The zero-order chi connectivity index (χ0) is 11.7. The Bertz CT molecular complexity index is 141. The summed E-state index contributed by atoms with van der Waals surface area (Å²) >= 11 is 0. The molecule has 0 aliphatic rings. The van der Waals surface area contributed by atoms with Crippen molar-refractivity contribution in [3.8, 4) is 0 Å². The molecule has 0 fully saturated rings. The summed E-state index contributed by atoms with van der Waals surface area (Å²) in [5.41, 5.74) is -0.303. The third-order valence-corrected chi connectivity index (χ3v) is 3.32. The molecule has 0 amide bonds. The van der Waals surface area contributed by atoms with E-state index in [1.54, 1.807) is 0 Å². The lowest BCUT2D eigenvalue weighted by atomic mass is 9.87. The predicted molar refractivity (Wildman–Crippen MR) is 65.1 cm³/mol. The molecular formula is C13H28O2. The van der Waals surface area contributed by atoms with Gasteiger partial charge >= 0.3 is 0 Å². The van der Waals surface area contributed by atoms with Crippen LogP contribution >= 0.6 is 0 Å². The minimum atomic E-state index is -0.306. The van der Waals surface area contributed by atoms with Crippen molar-refractivity contribution in [2.45, 2.75) is 77.9 Å². The summed E-state index contributed by atoms with van der Waals surface area (Å²) in [7, 11) is 0. The van der Waals surface area contributed by atoms with Crippen molar-refractivity contribution >= 4 is 0 Å². The second-order valence-corrected chi connectivity index (χ2v) is 4.22. The Morgan fingerprint density at radius 3 is 2.07 bits per heavy atom. The molecule has 0 aromatic heterocycles. The van der Waals surface area contributed by atoms with Crippen LogP contribution in [0.25, 0.3) is 0 Å². The molecular weight excluding hydrogens is 188 g/mol. The molecule has 1 atom stereocenters. The van der Waals surface area contributed by atoms with Crippen molar-refractivity contribution in [2.75, 3.05) is 6.61 Å². The molecule has 0 saturated heterocycles. The Kier molecular flexibility index (Phi) is 8.07. The summed E-state index contributed by atoms with van der Waals surface area (Å²) in [6, 6.07) is 0. The van der Waals surface area contributed by atoms with Gasteiger partial charge in [0, 0.05) is 6.61 Å². The van der Waals surface area contributed by atoms with E-state index in [1.165, 1.54) is 12.8 Å². The maximum Gasteiger partial charge on any atom is 0.0934 e. The van der Waals surface area contributed by atoms with Crippen molar-refractivity contribution < 1.29 is 9.84 Å². The van der Waals surface area contributed by atoms with Crippen LogP contribution in [0.1, 0.15) is 66.2 Å². The van der Waals surface area contributed by atoms with Gasteiger partial charge < -0.3 is 9.84 Å². The van der Waals surface area contributed by atoms with Crippen LogP contribution in [0.3, 0.4) is 0 Å². The second-order valence-electron chi connectivity index (χ2n) is 4.22. The highest BCUT2D eigenvalue weighted by molar-refractivity contribution is 4.86. The number of ether oxygens (including phenoxy) is 1. The lowest BCUT2D eigenvalue weighted by molar-refractivity contribution is -0.127. The van der Waals surface area contributed by atoms with Crippen LogP contribution < -0.4 is 0 Å². The first-order valence-electron chi connectivity index (χ1n) is 6.48. The van der Waals surface area contributed by atoms with E-state index >= 15 is 0 Å². The van der Waals surface area contributed by atoms with Gasteiger partial charge in [0.2, 0.25) is 0 Å². The molecule has 0 aliphatic heterocycles. The van der Waals surface area contributed by atoms with Gasteiger partial charge in [-0.1, -0.05) is 40.0 Å². The molecule has 0 saturated carbocycles. The summed E-state index contributed by atoms with van der Waals surface area (Å²) < 4.78 is 5.77. The topological polar surface area (TPSA) is 29.5 Å². The van der Waals surface area contributed by atoms with Gasteiger partial charge in [0.1, 0.15) is 0 Å². The molecule has 15 heavy (non-hydrogen) atoms. The third-order valence-electron chi connectivity index (χ3n) is 3.32. The lowest BCUT2D eigenvalue weighted by Gasteiger charge is -2.36. The second kappa shape index (κ2) is 8.12. The molecule has 0 heterocycles. The van der Waals surface area contributed by atoms with Gasteiger partial charge in [-0.2, -0.15) is 0 Å². The largest absolute Gasteiger partial charge is 0.390 e. The first kappa shape index (κ1) is 14.9. The van der Waals surface area contributed by atoms with Gasteiger partial charge in [0.15, 0.2) is 0 Å². The molecule has 0 rings (SSSR count). The Morgan fingerprint density at radius 1 is 1.07 bits per heavy atom. The maximum absolute atomic E-state index is 10.2. The van der Waals surface area contributed by atoms with Crippen LogP contribution in [0.4, 0.5) is 0 Å². The number of hydrogen-bond acceptors (Lipinski definition) is 2. The van der Waals surface area contributed by atoms with Crippen molar-refractivity contribution in [1.29, 1.82) is 0 Å². The number of hydrogen-bond donors (Lipinski definition) is 1. The summed E-state index contributed by atoms with van der Waals surface area (Å²) in [6.45, 7) is 9.07. The highest BCUT2D eigenvalue weighted by atomic mass is 16.5. The number of rotatable bonds is 9. The number of unbranched alkanes of at least 4 members (excludes halogenated alkanes) is 2. The molecule has 0 aliphatic carbocycles. The first-order chi connectivity index (χ1) is 7.16. The predicted octanol–water partition coefficient (Wildman–Crippen LogP) is 3.52. The summed E-state index contributed by atoms with van der Waals surface area (Å²) in [4.78, 5) is 0. The van der Waals surface area contributed by atoms with E-state index in [0.29, 0.717) is 6.61 Å². The van der Waals surface area contributed by atoms with E-state index in [2.05, 4.69) is 20.8 Å². The van der Waals surface area contributed by atoms with E-state index in [-0.39, 0.29) is 11.7 Å². The average molecular weight is 216 g/mol. The van der Waals surface area contributed by atoms with Crippen molar-refractivity contribution in [3.63, 3.8) is 0 Å². The van der Waals surface area contributed by atoms with Crippen molar-refractivity contribution in [2.24, 2.45) is 0 Å². The molecule has 0 aromatic rings. The number of aliphatic hydroxyl groups excluding tert-OH is 1. The highest BCUT2D eigenvalue weighted by Crippen LogP contribution is 2.28. The molecule has 0 spiro atoms. The fraction of sp³-hybridized carbons (Fsp3) is 1.00. The Labute approximate surface area is 95.0 Å². The van der Waals surface area contributed by atoms with Crippen LogP contribution in [0.15, 0.2) is 0 Å². The molecule has 2 nitrogen and oxygen atoms in total. The van der Waals surface area contributed by atoms with Crippen molar-refractivity contribution in [1.82, 2.24) is 0 Å². The highest BCUT2D eigenvalue weighted by Gasteiger charge is 2.34. The monoisotopic (exact) mass is 216 g/mol. The van der Waals surface area contributed by atoms with Gasteiger partial charge in [-0.25, -0.2) is 0 Å². The zero-order valence-electron chi connectivity index (χ0n) is 10.9. The molecule has 0 radical (unpaired) electrons. The van der Waals surface area contributed by atoms with Crippen LogP contribution in [0.5, 0.6) is 0 Å². The lowest BCUT2D eigenvalue weighted by Crippen LogP contribution is -2.44. The Balaban J connectivity index is 4.19. The minimum absolute atomic E-state index is 0.303. The molecule has 92 valence electrons. The fourth-order valence-electron chi connectivity index (χ4n) is 2.16. The minimum Gasteiger partial charge on any atom is -0.390 e. The van der Waals surface area contributed by atoms with Gasteiger partial charge in [0.25, 0.3) is 0 Å². The zero-order valence-corrected chi connectivity index (χ0v) is 10.9. The molecule has 1 N–H and O–H groups in total. The summed E-state index contributed by atoms with van der Waals surface area (Å²) in [5.74, 6) is 0. The van der Waals surface area contributed by atoms with Gasteiger partial charge in [-0.15, -0.1) is 0 Å². The standard InChI is InChI=1S/C13H28O2/c1-5-9-10-11-12(14)13(6-2,7-3)15-8-4/h12,14H,5-11H2,1-4H3. The van der Waals surface area contributed by atoms with Crippen LogP contribution in [0.2, 0.25) is 0 Å². The Hall–Kier alpha value is -0.0800. The smallest absolute Gasteiger partial charge is 0.0934 e. The van der Waals surface area contributed by atoms with Crippen LogP contribution in [0, 0.1) is 0 Å².